The molecule has 0 aliphatic carbocycles. The summed E-state index contributed by atoms with van der Waals surface area (Å²) in [4.78, 5) is 12.6. The van der Waals surface area contributed by atoms with Crippen LogP contribution < -0.4 is 10.1 Å². The molecule has 0 saturated carbocycles. The van der Waals surface area contributed by atoms with Gasteiger partial charge in [0.15, 0.2) is 0 Å². The first-order valence-electron chi connectivity index (χ1n) is 6.73. The van der Waals surface area contributed by atoms with Crippen LogP contribution in [0.15, 0.2) is 46.9 Å². The van der Waals surface area contributed by atoms with E-state index in [0.717, 1.165) is 0 Å². The highest BCUT2D eigenvalue weighted by Crippen LogP contribution is 2.30. The summed E-state index contributed by atoms with van der Waals surface area (Å²) in [5.41, 5.74) is 1.68. The summed E-state index contributed by atoms with van der Waals surface area (Å²) in [6.45, 7) is 1.76. The standard InChI is InChI=1S/C17H14ClNO3/c1-10-16(12-9-11(21-2)7-8-15(12)22-10)17(20)19-14-6-4-3-5-13(14)18/h3-9H,1-2H3,(H,19,20). The zero-order chi connectivity index (χ0) is 15.7. The molecule has 1 amide bonds. The number of fused-ring (bicyclic) bond motifs is 1. The molecule has 0 aliphatic heterocycles. The molecule has 22 heavy (non-hydrogen) atoms. The summed E-state index contributed by atoms with van der Waals surface area (Å²) in [5.74, 6) is 0.950. The predicted molar refractivity (Wildman–Crippen MR) is 86.9 cm³/mol. The molecule has 1 N–H and O–H groups in total. The van der Waals surface area contributed by atoms with Gasteiger partial charge in [0, 0.05) is 5.39 Å². The highest BCUT2D eigenvalue weighted by atomic mass is 35.5. The van der Waals surface area contributed by atoms with E-state index in [0.29, 0.717) is 38.8 Å². The zero-order valence-corrected chi connectivity index (χ0v) is 12.9. The highest BCUT2D eigenvalue weighted by molar-refractivity contribution is 6.34. The molecule has 0 saturated heterocycles. The topological polar surface area (TPSA) is 51.5 Å². The van der Waals surface area contributed by atoms with Gasteiger partial charge in [-0.2, -0.15) is 0 Å². The molecule has 0 unspecified atom stereocenters. The van der Waals surface area contributed by atoms with Crippen LogP contribution in [0.25, 0.3) is 11.0 Å². The third kappa shape index (κ3) is 2.53. The van der Waals surface area contributed by atoms with E-state index in [4.69, 9.17) is 20.8 Å². The largest absolute Gasteiger partial charge is 0.497 e. The first-order valence-corrected chi connectivity index (χ1v) is 7.11. The second-order valence-electron chi connectivity index (χ2n) is 4.83. The first-order chi connectivity index (χ1) is 10.6. The Labute approximate surface area is 132 Å². The van der Waals surface area contributed by atoms with Crippen molar-refractivity contribution in [3.63, 3.8) is 0 Å². The molecule has 112 valence electrons. The second kappa shape index (κ2) is 5.73. The van der Waals surface area contributed by atoms with E-state index in [1.54, 1.807) is 50.4 Å². The van der Waals surface area contributed by atoms with Gasteiger partial charge in [0.1, 0.15) is 17.1 Å². The lowest BCUT2D eigenvalue weighted by Crippen LogP contribution is -2.12. The first kappa shape index (κ1) is 14.5. The Morgan fingerprint density at radius 3 is 2.73 bits per heavy atom. The number of para-hydroxylation sites is 1. The van der Waals surface area contributed by atoms with E-state index >= 15 is 0 Å². The summed E-state index contributed by atoms with van der Waals surface area (Å²) in [6, 6.07) is 12.5. The molecule has 0 atom stereocenters. The van der Waals surface area contributed by atoms with Crippen LogP contribution >= 0.6 is 11.6 Å². The average molecular weight is 316 g/mol. The van der Waals surface area contributed by atoms with Gasteiger partial charge in [-0.1, -0.05) is 23.7 Å². The number of carbonyl (C=O) groups is 1. The number of methoxy groups -OCH3 is 1. The minimum atomic E-state index is -0.266. The number of halogens is 1. The zero-order valence-electron chi connectivity index (χ0n) is 12.1. The van der Waals surface area contributed by atoms with Crippen molar-refractivity contribution in [2.24, 2.45) is 0 Å². The summed E-state index contributed by atoms with van der Waals surface area (Å²) in [6.07, 6.45) is 0. The molecule has 3 rings (SSSR count). The molecule has 2 aromatic carbocycles. The van der Waals surface area contributed by atoms with Gasteiger partial charge in [-0.25, -0.2) is 0 Å². The number of ether oxygens (including phenoxy) is 1. The molecule has 3 aromatic rings. The van der Waals surface area contributed by atoms with Crippen molar-refractivity contribution in [3.05, 3.63) is 58.8 Å². The number of carbonyl (C=O) groups excluding carboxylic acids is 1. The van der Waals surface area contributed by atoms with Gasteiger partial charge in [-0.3, -0.25) is 4.79 Å². The van der Waals surface area contributed by atoms with Gasteiger partial charge >= 0.3 is 0 Å². The molecule has 4 nitrogen and oxygen atoms in total. The number of aryl methyl sites for hydroxylation is 1. The van der Waals surface area contributed by atoms with Crippen LogP contribution in [0.1, 0.15) is 16.1 Å². The molecule has 0 aliphatic rings. The van der Waals surface area contributed by atoms with Crippen molar-refractivity contribution >= 4 is 34.2 Å². The van der Waals surface area contributed by atoms with Crippen LogP contribution in [-0.2, 0) is 0 Å². The Balaban J connectivity index is 2.03. The van der Waals surface area contributed by atoms with Crippen LogP contribution in [0.5, 0.6) is 5.75 Å². The minimum absolute atomic E-state index is 0.266. The maximum absolute atomic E-state index is 12.6. The highest BCUT2D eigenvalue weighted by Gasteiger charge is 2.19. The molecule has 0 spiro atoms. The smallest absolute Gasteiger partial charge is 0.259 e. The van der Waals surface area contributed by atoms with Gasteiger partial charge < -0.3 is 14.5 Å². The van der Waals surface area contributed by atoms with Gasteiger partial charge in [0.2, 0.25) is 0 Å². The third-order valence-electron chi connectivity index (χ3n) is 3.42. The van der Waals surface area contributed by atoms with Gasteiger partial charge in [0.05, 0.1) is 23.4 Å². The van der Waals surface area contributed by atoms with Crippen molar-refractivity contribution in [3.8, 4) is 5.75 Å². The summed E-state index contributed by atoms with van der Waals surface area (Å²) in [7, 11) is 1.58. The number of hydrogen-bond acceptors (Lipinski definition) is 3. The van der Waals surface area contributed by atoms with E-state index in [1.165, 1.54) is 0 Å². The Morgan fingerprint density at radius 2 is 2.00 bits per heavy atom. The lowest BCUT2D eigenvalue weighted by atomic mass is 10.1. The molecular formula is C17H14ClNO3. The molecule has 0 fully saturated rings. The van der Waals surface area contributed by atoms with E-state index in [-0.39, 0.29) is 5.91 Å². The van der Waals surface area contributed by atoms with Crippen molar-refractivity contribution in [2.75, 3.05) is 12.4 Å². The molecule has 1 heterocycles. The number of anilines is 1. The van der Waals surface area contributed by atoms with Gasteiger partial charge in [-0.05, 0) is 37.3 Å². The maximum atomic E-state index is 12.6. The van der Waals surface area contributed by atoms with Gasteiger partial charge in [0.25, 0.3) is 5.91 Å². The molecular weight excluding hydrogens is 302 g/mol. The van der Waals surface area contributed by atoms with Crippen LogP contribution in [0, 0.1) is 6.92 Å². The number of rotatable bonds is 3. The summed E-state index contributed by atoms with van der Waals surface area (Å²) in [5, 5.41) is 4.01. The van der Waals surface area contributed by atoms with Crippen LogP contribution in [-0.4, -0.2) is 13.0 Å². The Hall–Kier alpha value is -2.46. The van der Waals surface area contributed by atoms with Gasteiger partial charge in [-0.15, -0.1) is 0 Å². The second-order valence-corrected chi connectivity index (χ2v) is 5.24. The average Bonchev–Trinajstić information content (AvgIpc) is 2.84. The number of hydrogen-bond donors (Lipinski definition) is 1. The van der Waals surface area contributed by atoms with Crippen LogP contribution in [0.3, 0.4) is 0 Å². The Bertz CT molecular complexity index is 854. The predicted octanol–water partition coefficient (Wildman–Crippen LogP) is 4.66. The number of amides is 1. The third-order valence-corrected chi connectivity index (χ3v) is 3.75. The summed E-state index contributed by atoms with van der Waals surface area (Å²) >= 11 is 6.08. The maximum Gasteiger partial charge on any atom is 0.259 e. The fourth-order valence-electron chi connectivity index (χ4n) is 2.36. The Kier molecular flexibility index (Phi) is 3.77. The van der Waals surface area contributed by atoms with E-state index in [1.807, 2.05) is 6.07 Å². The van der Waals surface area contributed by atoms with Crippen molar-refractivity contribution in [2.45, 2.75) is 6.92 Å². The molecule has 5 heteroatoms. The fraction of sp³-hybridized carbons (Fsp3) is 0.118. The molecule has 1 aromatic heterocycles. The van der Waals surface area contributed by atoms with Crippen molar-refractivity contribution in [1.82, 2.24) is 0 Å². The lowest BCUT2D eigenvalue weighted by molar-refractivity contribution is 0.102. The van der Waals surface area contributed by atoms with Crippen molar-refractivity contribution < 1.29 is 13.9 Å². The number of nitrogens with one attached hydrogen (secondary N) is 1. The van der Waals surface area contributed by atoms with Crippen LogP contribution in [0.4, 0.5) is 5.69 Å². The quantitative estimate of drug-likeness (QED) is 0.765. The van der Waals surface area contributed by atoms with Crippen LogP contribution in [0.2, 0.25) is 5.02 Å². The van der Waals surface area contributed by atoms with Crippen molar-refractivity contribution in [1.29, 1.82) is 0 Å². The monoisotopic (exact) mass is 315 g/mol. The lowest BCUT2D eigenvalue weighted by Gasteiger charge is -2.07. The SMILES string of the molecule is COc1ccc2oc(C)c(C(=O)Nc3ccccc3Cl)c2c1. The summed E-state index contributed by atoms with van der Waals surface area (Å²) < 4.78 is 10.8. The van der Waals surface area contributed by atoms with E-state index < -0.39 is 0 Å². The Morgan fingerprint density at radius 1 is 1.23 bits per heavy atom. The minimum Gasteiger partial charge on any atom is -0.497 e. The van der Waals surface area contributed by atoms with E-state index in [2.05, 4.69) is 5.32 Å². The fourth-order valence-corrected chi connectivity index (χ4v) is 2.54. The van der Waals surface area contributed by atoms with E-state index in [9.17, 15) is 4.79 Å². The number of furan rings is 1. The normalized spacial score (nSPS) is 10.7. The number of benzene rings is 2. The molecule has 0 bridgehead atoms. The molecule has 0 radical (unpaired) electrons.